The first-order valence-corrected chi connectivity index (χ1v) is 7.94. The van der Waals surface area contributed by atoms with Crippen molar-refractivity contribution in [1.29, 1.82) is 0 Å². The van der Waals surface area contributed by atoms with Gasteiger partial charge in [-0.3, -0.25) is 0 Å². The van der Waals surface area contributed by atoms with Crippen LogP contribution >= 0.6 is 11.3 Å². The first kappa shape index (κ1) is 12.8. The summed E-state index contributed by atoms with van der Waals surface area (Å²) in [5, 5.41) is 16.5. The van der Waals surface area contributed by atoms with E-state index in [9.17, 15) is 0 Å². The van der Waals surface area contributed by atoms with Crippen LogP contribution in [0.1, 0.15) is 30.6 Å². The van der Waals surface area contributed by atoms with Crippen molar-refractivity contribution in [3.05, 3.63) is 34.0 Å². The predicted octanol–water partition coefficient (Wildman–Crippen LogP) is 2.25. The normalized spacial score (nSPS) is 18.5. The van der Waals surface area contributed by atoms with E-state index < -0.39 is 0 Å². The molecule has 0 aromatic carbocycles. The number of hydrogen-bond donors (Lipinski definition) is 1. The third kappa shape index (κ3) is 2.87. The average molecular weight is 276 g/mol. The highest BCUT2D eigenvalue weighted by Gasteiger charge is 2.21. The molecule has 4 nitrogen and oxygen atoms in total. The second kappa shape index (κ2) is 5.84. The monoisotopic (exact) mass is 276 g/mol. The van der Waals surface area contributed by atoms with Crippen LogP contribution < -0.4 is 5.32 Å². The van der Waals surface area contributed by atoms with Crippen LogP contribution in [0.4, 0.5) is 0 Å². The molecule has 0 aliphatic carbocycles. The van der Waals surface area contributed by atoms with E-state index in [0.717, 1.165) is 38.3 Å². The van der Waals surface area contributed by atoms with Gasteiger partial charge in [-0.1, -0.05) is 6.92 Å². The fourth-order valence-electron chi connectivity index (χ4n) is 2.69. The molecule has 0 saturated heterocycles. The number of thiophene rings is 1. The topological polar surface area (TPSA) is 42.7 Å². The Bertz CT molecular complexity index is 504. The summed E-state index contributed by atoms with van der Waals surface area (Å²) < 4.78 is 2.32. The van der Waals surface area contributed by atoms with Crippen LogP contribution in [0.2, 0.25) is 0 Å². The van der Waals surface area contributed by atoms with E-state index in [-0.39, 0.29) is 0 Å². The minimum atomic E-state index is 0.701. The summed E-state index contributed by atoms with van der Waals surface area (Å²) in [6.07, 6.45) is 3.26. The van der Waals surface area contributed by atoms with Crippen molar-refractivity contribution in [3.63, 3.8) is 0 Å². The lowest BCUT2D eigenvalue weighted by atomic mass is 9.99. The predicted molar refractivity (Wildman–Crippen MR) is 77.2 cm³/mol. The number of fused-ring (bicyclic) bond motifs is 1. The molecule has 3 rings (SSSR count). The van der Waals surface area contributed by atoms with Gasteiger partial charge in [-0.15, -0.1) is 10.2 Å². The van der Waals surface area contributed by atoms with Crippen LogP contribution in [0.25, 0.3) is 0 Å². The van der Waals surface area contributed by atoms with E-state index >= 15 is 0 Å². The Morgan fingerprint density at radius 1 is 1.47 bits per heavy atom. The van der Waals surface area contributed by atoms with Crippen molar-refractivity contribution in [3.8, 4) is 0 Å². The molecular weight excluding hydrogens is 256 g/mol. The Kier molecular flexibility index (Phi) is 3.94. The molecular formula is C14H20N4S. The Labute approximate surface area is 117 Å². The number of hydrogen-bond acceptors (Lipinski definition) is 4. The van der Waals surface area contributed by atoms with Crippen molar-refractivity contribution >= 4 is 11.3 Å². The van der Waals surface area contributed by atoms with E-state index in [2.05, 4.69) is 43.8 Å². The first-order valence-electron chi connectivity index (χ1n) is 6.99. The SMILES string of the molecule is CCc1nnc2n1C[C@H](CNCc1ccsc1)CC2. The first-order chi connectivity index (χ1) is 9.36. The minimum absolute atomic E-state index is 0.701. The number of aromatic nitrogens is 3. The lowest BCUT2D eigenvalue weighted by molar-refractivity contribution is 0.342. The molecule has 0 bridgehead atoms. The maximum absolute atomic E-state index is 4.28. The Morgan fingerprint density at radius 2 is 2.42 bits per heavy atom. The van der Waals surface area contributed by atoms with Crippen LogP contribution in [0.3, 0.4) is 0 Å². The van der Waals surface area contributed by atoms with E-state index in [1.165, 1.54) is 17.8 Å². The van der Waals surface area contributed by atoms with Gasteiger partial charge < -0.3 is 9.88 Å². The highest BCUT2D eigenvalue weighted by atomic mass is 32.1. The molecule has 1 aliphatic heterocycles. The van der Waals surface area contributed by atoms with Crippen molar-refractivity contribution in [2.45, 2.75) is 39.3 Å². The molecule has 0 fully saturated rings. The number of nitrogens with one attached hydrogen (secondary N) is 1. The molecule has 2 aromatic heterocycles. The van der Waals surface area contributed by atoms with Gasteiger partial charge in [0.25, 0.3) is 0 Å². The van der Waals surface area contributed by atoms with E-state index in [4.69, 9.17) is 0 Å². The molecule has 2 aromatic rings. The molecule has 102 valence electrons. The summed E-state index contributed by atoms with van der Waals surface area (Å²) in [4.78, 5) is 0. The molecule has 1 atom stereocenters. The van der Waals surface area contributed by atoms with Gasteiger partial charge in [0.05, 0.1) is 0 Å². The fraction of sp³-hybridized carbons (Fsp3) is 0.571. The van der Waals surface area contributed by atoms with Crippen LogP contribution in [-0.2, 0) is 25.9 Å². The van der Waals surface area contributed by atoms with E-state index in [0.29, 0.717) is 5.92 Å². The second-order valence-electron chi connectivity index (χ2n) is 5.16. The lowest BCUT2D eigenvalue weighted by Gasteiger charge is -2.24. The summed E-state index contributed by atoms with van der Waals surface area (Å²) in [5.41, 5.74) is 1.39. The van der Waals surface area contributed by atoms with Gasteiger partial charge in [0.2, 0.25) is 0 Å². The third-order valence-corrected chi connectivity index (χ3v) is 4.51. The highest BCUT2D eigenvalue weighted by molar-refractivity contribution is 7.07. The maximum Gasteiger partial charge on any atom is 0.133 e. The number of nitrogens with zero attached hydrogens (tertiary/aromatic N) is 3. The summed E-state index contributed by atoms with van der Waals surface area (Å²) in [7, 11) is 0. The molecule has 0 unspecified atom stereocenters. The van der Waals surface area contributed by atoms with Gasteiger partial charge in [0.15, 0.2) is 0 Å². The molecule has 0 saturated carbocycles. The van der Waals surface area contributed by atoms with Gasteiger partial charge in [-0.2, -0.15) is 11.3 Å². The zero-order chi connectivity index (χ0) is 13.1. The molecule has 3 heterocycles. The van der Waals surface area contributed by atoms with Crippen LogP contribution in [0.15, 0.2) is 16.8 Å². The Morgan fingerprint density at radius 3 is 3.21 bits per heavy atom. The van der Waals surface area contributed by atoms with Crippen molar-refractivity contribution in [2.75, 3.05) is 6.54 Å². The van der Waals surface area contributed by atoms with Crippen LogP contribution in [0.5, 0.6) is 0 Å². The molecule has 19 heavy (non-hydrogen) atoms. The molecule has 0 amide bonds. The Hall–Kier alpha value is -1.20. The number of rotatable bonds is 5. The van der Waals surface area contributed by atoms with Crippen molar-refractivity contribution in [1.82, 2.24) is 20.1 Å². The summed E-state index contributed by atoms with van der Waals surface area (Å²) in [6, 6.07) is 2.19. The summed E-state index contributed by atoms with van der Waals surface area (Å²) in [5.74, 6) is 3.01. The van der Waals surface area contributed by atoms with Gasteiger partial charge in [-0.05, 0) is 41.3 Å². The Balaban J connectivity index is 1.53. The molecule has 1 N–H and O–H groups in total. The number of aryl methyl sites for hydroxylation is 2. The smallest absolute Gasteiger partial charge is 0.133 e. The van der Waals surface area contributed by atoms with E-state index in [1.807, 2.05) is 0 Å². The minimum Gasteiger partial charge on any atom is -0.315 e. The van der Waals surface area contributed by atoms with Gasteiger partial charge in [-0.25, -0.2) is 0 Å². The van der Waals surface area contributed by atoms with Crippen molar-refractivity contribution in [2.24, 2.45) is 5.92 Å². The largest absolute Gasteiger partial charge is 0.315 e. The maximum atomic E-state index is 4.28. The zero-order valence-electron chi connectivity index (χ0n) is 11.3. The molecule has 0 spiro atoms. The molecule has 0 radical (unpaired) electrons. The lowest BCUT2D eigenvalue weighted by Crippen LogP contribution is -2.30. The zero-order valence-corrected chi connectivity index (χ0v) is 12.1. The second-order valence-corrected chi connectivity index (χ2v) is 5.94. The molecule has 5 heteroatoms. The third-order valence-electron chi connectivity index (χ3n) is 3.78. The summed E-state index contributed by atoms with van der Waals surface area (Å²) >= 11 is 1.76. The van der Waals surface area contributed by atoms with Gasteiger partial charge >= 0.3 is 0 Å². The average Bonchev–Trinajstić information content (AvgIpc) is 3.07. The van der Waals surface area contributed by atoms with Crippen LogP contribution in [0, 0.1) is 5.92 Å². The summed E-state index contributed by atoms with van der Waals surface area (Å²) in [6.45, 7) is 5.28. The van der Waals surface area contributed by atoms with Crippen molar-refractivity contribution < 1.29 is 0 Å². The molecule has 1 aliphatic rings. The quantitative estimate of drug-likeness (QED) is 0.911. The van der Waals surface area contributed by atoms with Crippen LogP contribution in [-0.4, -0.2) is 21.3 Å². The van der Waals surface area contributed by atoms with E-state index in [1.54, 1.807) is 11.3 Å². The fourth-order valence-corrected chi connectivity index (χ4v) is 3.36. The van der Waals surface area contributed by atoms with Gasteiger partial charge in [0.1, 0.15) is 11.6 Å². The highest BCUT2D eigenvalue weighted by Crippen LogP contribution is 2.20. The van der Waals surface area contributed by atoms with Gasteiger partial charge in [0, 0.05) is 25.9 Å². The standard InChI is InChI=1S/C14H20N4S/c1-2-13-16-17-14-4-3-11(9-18(13)14)7-15-8-12-5-6-19-10-12/h5-6,10-11,15H,2-4,7-9H2,1H3/t11-/m0/s1.